The number of aryl methyl sites for hydroxylation is 2. The molecule has 1 aromatic rings. The first-order valence-electron chi connectivity index (χ1n) is 10.2. The topological polar surface area (TPSA) is 63.6 Å². The van der Waals surface area contributed by atoms with E-state index in [4.69, 9.17) is 4.74 Å². The van der Waals surface area contributed by atoms with Crippen molar-refractivity contribution in [2.24, 2.45) is 5.92 Å². The molecule has 0 radical (unpaired) electrons. The predicted octanol–water partition coefficient (Wildman–Crippen LogP) is 2.11. The number of piperidine rings is 2. The van der Waals surface area contributed by atoms with Gasteiger partial charge in [0.15, 0.2) is 0 Å². The number of aromatic nitrogens is 1. The van der Waals surface area contributed by atoms with Crippen LogP contribution in [0.15, 0.2) is 10.9 Å². The van der Waals surface area contributed by atoms with E-state index in [-0.39, 0.29) is 17.0 Å². The van der Waals surface area contributed by atoms with E-state index in [1.807, 2.05) is 19.9 Å². The molecule has 6 nitrogen and oxygen atoms in total. The number of amides is 1. The Morgan fingerprint density at radius 3 is 2.78 bits per heavy atom. The molecule has 3 heterocycles. The molecular formula is C21H33N3O3. The summed E-state index contributed by atoms with van der Waals surface area (Å²) < 4.78 is 6.73. The third-order valence-corrected chi connectivity index (χ3v) is 6.20. The molecule has 2 saturated heterocycles. The highest BCUT2D eigenvalue weighted by Gasteiger charge is 2.33. The zero-order valence-corrected chi connectivity index (χ0v) is 16.9. The van der Waals surface area contributed by atoms with Crippen LogP contribution < -0.4 is 10.9 Å². The molecule has 0 spiro atoms. The van der Waals surface area contributed by atoms with Gasteiger partial charge < -0.3 is 19.5 Å². The smallest absolute Gasteiger partial charge is 0.263 e. The van der Waals surface area contributed by atoms with Crippen molar-refractivity contribution in [3.8, 4) is 0 Å². The average molecular weight is 376 g/mol. The van der Waals surface area contributed by atoms with E-state index < -0.39 is 0 Å². The van der Waals surface area contributed by atoms with Gasteiger partial charge in [-0.25, -0.2) is 0 Å². The van der Waals surface area contributed by atoms with Crippen molar-refractivity contribution in [2.45, 2.75) is 58.5 Å². The Bertz CT molecular complexity index is 726. The molecule has 6 heteroatoms. The van der Waals surface area contributed by atoms with Crippen molar-refractivity contribution in [1.82, 2.24) is 14.8 Å². The lowest BCUT2D eigenvalue weighted by atomic mass is 9.83. The van der Waals surface area contributed by atoms with E-state index in [1.165, 1.54) is 38.8 Å². The molecule has 2 atom stereocenters. The fourth-order valence-electron chi connectivity index (χ4n) is 4.79. The standard InChI is InChI=1S/C21H33N3O3/c1-15-13-16(2)24(11-12-27-3)21(26)19(15)20(25)22-14-17-7-6-10-23-9-5-4-8-18(17)23/h13,17-18H,4-12,14H2,1-3H3,(H,22,25)/t17-,18-/m1/s1. The Labute approximate surface area is 161 Å². The van der Waals surface area contributed by atoms with E-state index >= 15 is 0 Å². The van der Waals surface area contributed by atoms with Crippen LogP contribution in [-0.4, -0.2) is 54.8 Å². The maximum absolute atomic E-state index is 12.9. The number of nitrogens with zero attached hydrogens (tertiary/aromatic N) is 2. The molecule has 3 rings (SSSR count). The highest BCUT2D eigenvalue weighted by Crippen LogP contribution is 2.30. The molecule has 0 bridgehead atoms. The Morgan fingerprint density at radius 1 is 1.22 bits per heavy atom. The van der Waals surface area contributed by atoms with Crippen LogP contribution in [0.4, 0.5) is 0 Å². The molecule has 2 fully saturated rings. The highest BCUT2D eigenvalue weighted by molar-refractivity contribution is 5.95. The maximum Gasteiger partial charge on any atom is 0.263 e. The van der Waals surface area contributed by atoms with Crippen molar-refractivity contribution in [3.63, 3.8) is 0 Å². The molecule has 1 N–H and O–H groups in total. The van der Waals surface area contributed by atoms with Crippen molar-refractivity contribution in [1.29, 1.82) is 0 Å². The summed E-state index contributed by atoms with van der Waals surface area (Å²) in [6, 6.07) is 2.50. The number of hydrogen-bond acceptors (Lipinski definition) is 4. The van der Waals surface area contributed by atoms with Crippen LogP contribution in [0.25, 0.3) is 0 Å². The zero-order valence-electron chi connectivity index (χ0n) is 16.9. The number of pyridine rings is 1. The first-order valence-corrected chi connectivity index (χ1v) is 10.2. The number of carbonyl (C=O) groups is 1. The fraction of sp³-hybridized carbons (Fsp3) is 0.714. The molecule has 2 aliphatic heterocycles. The van der Waals surface area contributed by atoms with Gasteiger partial charge in [0.2, 0.25) is 0 Å². The Morgan fingerprint density at radius 2 is 2.00 bits per heavy atom. The van der Waals surface area contributed by atoms with E-state index in [0.717, 1.165) is 17.7 Å². The number of hydrogen-bond donors (Lipinski definition) is 1. The van der Waals surface area contributed by atoms with Gasteiger partial charge in [0.05, 0.1) is 6.61 Å². The first-order chi connectivity index (χ1) is 13.0. The fourth-order valence-corrected chi connectivity index (χ4v) is 4.79. The van der Waals surface area contributed by atoms with Crippen molar-refractivity contribution in [2.75, 3.05) is 33.4 Å². The third kappa shape index (κ3) is 4.43. The second-order valence-electron chi connectivity index (χ2n) is 8.00. The summed E-state index contributed by atoms with van der Waals surface area (Å²) in [5.41, 5.74) is 1.65. The number of rotatable bonds is 6. The molecule has 0 unspecified atom stereocenters. The summed E-state index contributed by atoms with van der Waals surface area (Å²) in [6.07, 6.45) is 6.16. The van der Waals surface area contributed by atoms with Gasteiger partial charge in [-0.2, -0.15) is 0 Å². The maximum atomic E-state index is 12.9. The predicted molar refractivity (Wildman–Crippen MR) is 106 cm³/mol. The van der Waals surface area contributed by atoms with E-state index in [2.05, 4.69) is 10.2 Å². The van der Waals surface area contributed by atoms with Gasteiger partial charge in [-0.15, -0.1) is 0 Å². The van der Waals surface area contributed by atoms with Gasteiger partial charge in [-0.3, -0.25) is 9.59 Å². The van der Waals surface area contributed by atoms with Crippen LogP contribution in [0.3, 0.4) is 0 Å². The van der Waals surface area contributed by atoms with Gasteiger partial charge in [-0.1, -0.05) is 6.42 Å². The molecule has 2 aliphatic rings. The molecule has 0 aromatic carbocycles. The lowest BCUT2D eigenvalue weighted by Crippen LogP contribution is -2.51. The highest BCUT2D eigenvalue weighted by atomic mass is 16.5. The summed E-state index contributed by atoms with van der Waals surface area (Å²) in [7, 11) is 1.61. The number of carbonyl (C=O) groups excluding carboxylic acids is 1. The lowest BCUT2D eigenvalue weighted by molar-refractivity contribution is 0.0575. The van der Waals surface area contributed by atoms with Crippen molar-refractivity contribution >= 4 is 5.91 Å². The number of methoxy groups -OCH3 is 1. The van der Waals surface area contributed by atoms with Crippen LogP contribution in [-0.2, 0) is 11.3 Å². The van der Waals surface area contributed by atoms with Gasteiger partial charge >= 0.3 is 0 Å². The van der Waals surface area contributed by atoms with E-state index in [9.17, 15) is 9.59 Å². The van der Waals surface area contributed by atoms with Crippen LogP contribution >= 0.6 is 0 Å². The summed E-state index contributed by atoms with van der Waals surface area (Å²) >= 11 is 0. The minimum Gasteiger partial charge on any atom is -0.383 e. The molecule has 1 aromatic heterocycles. The van der Waals surface area contributed by atoms with Crippen LogP contribution in [0.5, 0.6) is 0 Å². The minimum atomic E-state index is -0.239. The Hall–Kier alpha value is -1.66. The number of fused-ring (bicyclic) bond motifs is 1. The van der Waals surface area contributed by atoms with Gasteiger partial charge in [0.1, 0.15) is 5.56 Å². The zero-order chi connectivity index (χ0) is 19.4. The third-order valence-electron chi connectivity index (χ3n) is 6.20. The SMILES string of the molecule is COCCn1c(C)cc(C)c(C(=O)NC[C@H]2CCCN3CCCC[C@H]23)c1=O. The van der Waals surface area contributed by atoms with Gasteiger partial charge in [0, 0.05) is 31.9 Å². The van der Waals surface area contributed by atoms with Gasteiger partial charge in [0.25, 0.3) is 11.5 Å². The summed E-state index contributed by atoms with van der Waals surface area (Å²) in [5.74, 6) is 0.251. The summed E-state index contributed by atoms with van der Waals surface area (Å²) in [5, 5.41) is 3.08. The van der Waals surface area contributed by atoms with E-state index in [1.54, 1.807) is 11.7 Å². The van der Waals surface area contributed by atoms with Crippen LogP contribution in [0.1, 0.15) is 53.7 Å². The Balaban J connectivity index is 1.71. The lowest BCUT2D eigenvalue weighted by Gasteiger charge is -2.44. The summed E-state index contributed by atoms with van der Waals surface area (Å²) in [4.78, 5) is 28.3. The molecule has 1 amide bonds. The molecule has 150 valence electrons. The molecule has 0 aliphatic carbocycles. The monoisotopic (exact) mass is 375 g/mol. The second-order valence-corrected chi connectivity index (χ2v) is 8.00. The first kappa shape index (κ1) is 20.1. The molecule has 0 saturated carbocycles. The summed E-state index contributed by atoms with van der Waals surface area (Å²) in [6.45, 7) is 7.68. The number of ether oxygens (including phenoxy) is 1. The Kier molecular flexibility index (Phi) is 6.71. The van der Waals surface area contributed by atoms with Crippen LogP contribution in [0, 0.1) is 19.8 Å². The molecule has 27 heavy (non-hydrogen) atoms. The second kappa shape index (κ2) is 9.02. The average Bonchev–Trinajstić information content (AvgIpc) is 2.66. The van der Waals surface area contributed by atoms with E-state index in [0.29, 0.717) is 31.7 Å². The van der Waals surface area contributed by atoms with Crippen LogP contribution in [0.2, 0.25) is 0 Å². The normalized spacial score (nSPS) is 23.1. The largest absolute Gasteiger partial charge is 0.383 e. The minimum absolute atomic E-state index is 0.218. The number of nitrogens with one attached hydrogen (secondary N) is 1. The van der Waals surface area contributed by atoms with Crippen molar-refractivity contribution < 1.29 is 9.53 Å². The van der Waals surface area contributed by atoms with Crippen molar-refractivity contribution in [3.05, 3.63) is 33.2 Å². The molecular weight excluding hydrogens is 342 g/mol. The van der Waals surface area contributed by atoms with Gasteiger partial charge in [-0.05, 0) is 70.2 Å². The quantitative estimate of drug-likeness (QED) is 0.827.